The van der Waals surface area contributed by atoms with Crippen molar-refractivity contribution >= 4 is 44.8 Å². The van der Waals surface area contributed by atoms with Gasteiger partial charge in [-0.3, -0.25) is 9.10 Å². The van der Waals surface area contributed by atoms with Crippen LogP contribution in [0.25, 0.3) is 0 Å². The van der Waals surface area contributed by atoms with Crippen LogP contribution in [-0.4, -0.2) is 26.6 Å². The zero-order chi connectivity index (χ0) is 20.9. The van der Waals surface area contributed by atoms with E-state index in [0.717, 1.165) is 19.1 Å². The van der Waals surface area contributed by atoms with E-state index in [9.17, 15) is 13.2 Å². The first-order chi connectivity index (χ1) is 13.2. The van der Waals surface area contributed by atoms with Crippen molar-refractivity contribution in [2.45, 2.75) is 39.3 Å². The molecule has 8 heteroatoms. The molecule has 0 aromatic heterocycles. The van der Waals surface area contributed by atoms with Crippen molar-refractivity contribution < 1.29 is 13.2 Å². The van der Waals surface area contributed by atoms with Gasteiger partial charge in [0.1, 0.15) is 0 Å². The van der Waals surface area contributed by atoms with Gasteiger partial charge in [0.2, 0.25) is 10.0 Å². The van der Waals surface area contributed by atoms with Gasteiger partial charge in [-0.05, 0) is 49.2 Å². The van der Waals surface area contributed by atoms with E-state index >= 15 is 0 Å². The van der Waals surface area contributed by atoms with E-state index in [1.54, 1.807) is 42.5 Å². The number of amides is 1. The second-order valence-corrected chi connectivity index (χ2v) is 9.22. The summed E-state index contributed by atoms with van der Waals surface area (Å²) < 4.78 is 25.9. The summed E-state index contributed by atoms with van der Waals surface area (Å²) >= 11 is 12.4. The van der Waals surface area contributed by atoms with Crippen molar-refractivity contribution in [2.24, 2.45) is 0 Å². The zero-order valence-electron chi connectivity index (χ0n) is 16.1. The number of carbonyl (C=O) groups excluding carboxylic acids is 1. The van der Waals surface area contributed by atoms with Crippen LogP contribution in [-0.2, 0) is 16.6 Å². The summed E-state index contributed by atoms with van der Waals surface area (Å²) in [7, 11) is -3.59. The minimum Gasteiger partial charge on any atom is -0.349 e. The maximum atomic E-state index is 12.4. The van der Waals surface area contributed by atoms with Crippen molar-refractivity contribution in [3.63, 3.8) is 0 Å². The second-order valence-electron chi connectivity index (χ2n) is 6.50. The van der Waals surface area contributed by atoms with Gasteiger partial charge in [-0.15, -0.1) is 0 Å². The number of rotatable bonds is 8. The van der Waals surface area contributed by atoms with Crippen molar-refractivity contribution in [3.05, 3.63) is 63.6 Å². The van der Waals surface area contributed by atoms with Crippen LogP contribution in [0.4, 0.5) is 5.69 Å². The summed E-state index contributed by atoms with van der Waals surface area (Å²) in [5, 5.41) is 3.74. The molecule has 2 rings (SSSR count). The monoisotopic (exact) mass is 442 g/mol. The van der Waals surface area contributed by atoms with Gasteiger partial charge in [0, 0.05) is 27.2 Å². The summed E-state index contributed by atoms with van der Waals surface area (Å²) in [4.78, 5) is 12.4. The fourth-order valence-electron chi connectivity index (χ4n) is 2.77. The van der Waals surface area contributed by atoms with Crippen LogP contribution in [0.2, 0.25) is 10.0 Å². The lowest BCUT2D eigenvalue weighted by Crippen LogP contribution is -2.34. The predicted molar refractivity (Wildman–Crippen MR) is 116 cm³/mol. The highest BCUT2D eigenvalue weighted by Crippen LogP contribution is 2.29. The first-order valence-electron chi connectivity index (χ1n) is 8.98. The van der Waals surface area contributed by atoms with Gasteiger partial charge < -0.3 is 5.32 Å². The number of nitrogens with one attached hydrogen (secondary N) is 1. The molecule has 1 amide bonds. The molecule has 0 radical (unpaired) electrons. The van der Waals surface area contributed by atoms with E-state index in [1.165, 1.54) is 4.31 Å². The van der Waals surface area contributed by atoms with Gasteiger partial charge in [-0.25, -0.2) is 8.42 Å². The van der Waals surface area contributed by atoms with E-state index in [2.05, 4.69) is 5.32 Å². The molecule has 5 nitrogen and oxygen atoms in total. The minimum atomic E-state index is -3.59. The number of anilines is 1. The fraction of sp³-hybridized carbons (Fsp3) is 0.350. The number of nitrogens with zero attached hydrogens (tertiary/aromatic N) is 1. The Hall–Kier alpha value is -1.76. The average molecular weight is 443 g/mol. The number of benzene rings is 2. The number of hydrogen-bond donors (Lipinski definition) is 1. The van der Waals surface area contributed by atoms with Gasteiger partial charge in [0.15, 0.2) is 0 Å². The number of hydrogen-bond acceptors (Lipinski definition) is 3. The van der Waals surface area contributed by atoms with Crippen molar-refractivity contribution in [3.8, 4) is 0 Å². The van der Waals surface area contributed by atoms with Crippen molar-refractivity contribution in [1.82, 2.24) is 5.32 Å². The van der Waals surface area contributed by atoms with Crippen LogP contribution in [0.15, 0.2) is 42.5 Å². The van der Waals surface area contributed by atoms with Crippen LogP contribution in [0.5, 0.6) is 0 Å². The van der Waals surface area contributed by atoms with Crippen molar-refractivity contribution in [1.29, 1.82) is 0 Å². The van der Waals surface area contributed by atoms with Crippen LogP contribution in [0.1, 0.15) is 42.6 Å². The van der Waals surface area contributed by atoms with Crippen LogP contribution in [0.3, 0.4) is 0 Å². The predicted octanol–water partition coefficient (Wildman–Crippen LogP) is 4.88. The molecule has 0 unspecified atom stereocenters. The van der Waals surface area contributed by atoms with E-state index in [0.29, 0.717) is 26.9 Å². The molecular weight excluding hydrogens is 419 g/mol. The molecule has 0 aliphatic rings. The maximum Gasteiger partial charge on any atom is 0.251 e. The summed E-state index contributed by atoms with van der Waals surface area (Å²) in [6, 6.07) is 11.6. The molecule has 0 spiro atoms. The number of halogens is 2. The fourth-order valence-corrected chi connectivity index (χ4v) is 4.15. The molecule has 0 saturated carbocycles. The highest BCUT2D eigenvalue weighted by atomic mass is 35.5. The normalized spacial score (nSPS) is 11.5. The molecular formula is C20H24Cl2N2O3S. The van der Waals surface area contributed by atoms with Gasteiger partial charge in [0.05, 0.1) is 18.5 Å². The summed E-state index contributed by atoms with van der Waals surface area (Å²) in [6.07, 6.45) is 2.81. The highest BCUT2D eigenvalue weighted by Gasteiger charge is 2.21. The Morgan fingerprint density at radius 3 is 2.04 bits per heavy atom. The van der Waals surface area contributed by atoms with Crippen LogP contribution < -0.4 is 9.62 Å². The van der Waals surface area contributed by atoms with E-state index in [1.807, 2.05) is 13.8 Å². The molecule has 0 aliphatic heterocycles. The Labute approximate surface area is 176 Å². The minimum absolute atomic E-state index is 0.00335. The molecule has 0 fully saturated rings. The highest BCUT2D eigenvalue weighted by molar-refractivity contribution is 7.92. The van der Waals surface area contributed by atoms with Gasteiger partial charge in [-0.2, -0.15) is 0 Å². The molecule has 0 heterocycles. The Morgan fingerprint density at radius 1 is 1.04 bits per heavy atom. The lowest BCUT2D eigenvalue weighted by atomic mass is 10.1. The van der Waals surface area contributed by atoms with Gasteiger partial charge in [-0.1, -0.05) is 43.1 Å². The van der Waals surface area contributed by atoms with E-state index in [4.69, 9.17) is 23.2 Å². The Morgan fingerprint density at radius 2 is 1.57 bits per heavy atom. The molecule has 0 saturated heterocycles. The lowest BCUT2D eigenvalue weighted by Gasteiger charge is -2.24. The smallest absolute Gasteiger partial charge is 0.251 e. The molecule has 0 bridgehead atoms. The molecule has 28 heavy (non-hydrogen) atoms. The molecule has 2 aromatic rings. The maximum absolute atomic E-state index is 12.4. The first-order valence-corrected chi connectivity index (χ1v) is 11.6. The van der Waals surface area contributed by atoms with Gasteiger partial charge in [0.25, 0.3) is 5.91 Å². The lowest BCUT2D eigenvalue weighted by molar-refractivity contribution is 0.0935. The Balaban J connectivity index is 2.30. The molecule has 1 N–H and O–H groups in total. The zero-order valence-corrected chi connectivity index (χ0v) is 18.4. The molecule has 2 aromatic carbocycles. The largest absolute Gasteiger partial charge is 0.349 e. The number of carbonyl (C=O) groups is 1. The Kier molecular flexibility index (Phi) is 7.75. The second kappa shape index (κ2) is 9.63. The van der Waals surface area contributed by atoms with E-state index in [-0.39, 0.29) is 18.5 Å². The first kappa shape index (κ1) is 22.5. The summed E-state index contributed by atoms with van der Waals surface area (Å²) in [5.41, 5.74) is 1.42. The molecule has 0 aliphatic carbocycles. The Bertz CT molecular complexity index is 907. The SMILES string of the molecule is CCC(CC)NC(=O)c1ccc(N(Cc2c(Cl)cccc2Cl)S(C)(=O)=O)cc1. The third kappa shape index (κ3) is 5.63. The van der Waals surface area contributed by atoms with Crippen molar-refractivity contribution in [2.75, 3.05) is 10.6 Å². The summed E-state index contributed by atoms with van der Waals surface area (Å²) in [6.45, 7) is 4.03. The topological polar surface area (TPSA) is 66.5 Å². The third-order valence-corrected chi connectivity index (χ3v) is 6.35. The van der Waals surface area contributed by atoms with Crippen LogP contribution >= 0.6 is 23.2 Å². The number of sulfonamides is 1. The average Bonchev–Trinajstić information content (AvgIpc) is 2.65. The standard InChI is InChI=1S/C20H24Cl2N2O3S/c1-4-15(5-2)23-20(25)14-9-11-16(12-10-14)24(28(3,26)27)13-17-18(21)7-6-8-19(17)22/h6-12,15H,4-5,13H2,1-3H3,(H,23,25). The summed E-state index contributed by atoms with van der Waals surface area (Å²) in [5.74, 6) is -0.180. The molecule has 152 valence electrons. The quantitative estimate of drug-likeness (QED) is 0.633. The van der Waals surface area contributed by atoms with Gasteiger partial charge >= 0.3 is 0 Å². The third-order valence-electron chi connectivity index (χ3n) is 4.50. The van der Waals surface area contributed by atoms with Crippen LogP contribution in [0, 0.1) is 0 Å². The van der Waals surface area contributed by atoms with E-state index < -0.39 is 10.0 Å². The molecule has 0 atom stereocenters.